The third-order valence-corrected chi connectivity index (χ3v) is 3.50. The first kappa shape index (κ1) is 17.3. The van der Waals surface area contributed by atoms with Crippen LogP contribution in [0, 0.1) is 13.8 Å². The molecule has 0 radical (unpaired) electrons. The molecule has 0 bridgehead atoms. The minimum Gasteiger partial charge on any atom is -0.399 e. The minimum absolute atomic E-state index is 0.315. The number of nitrogen functional groups attached to an aromatic ring is 1. The Morgan fingerprint density at radius 1 is 0.875 bits per heavy atom. The van der Waals surface area contributed by atoms with Crippen molar-refractivity contribution < 1.29 is 9.59 Å². The third kappa shape index (κ3) is 3.84. The summed E-state index contributed by atoms with van der Waals surface area (Å²) in [4.78, 5) is 24.7. The fourth-order valence-corrected chi connectivity index (χ4v) is 2.54. The zero-order valence-corrected chi connectivity index (χ0v) is 14.2. The largest absolute Gasteiger partial charge is 0.399 e. The molecule has 0 aliphatic heterocycles. The summed E-state index contributed by atoms with van der Waals surface area (Å²) < 4.78 is 0. The maximum absolute atomic E-state index is 11.8. The lowest BCUT2D eigenvalue weighted by atomic mass is 10.1. The zero-order valence-electron chi connectivity index (χ0n) is 14.2. The van der Waals surface area contributed by atoms with Gasteiger partial charge in [0.2, 0.25) is 11.8 Å². The van der Waals surface area contributed by atoms with Crippen LogP contribution in [0.1, 0.15) is 25.0 Å². The van der Waals surface area contributed by atoms with Crippen molar-refractivity contribution >= 4 is 34.6 Å². The van der Waals surface area contributed by atoms with Crippen LogP contribution in [0.25, 0.3) is 0 Å². The van der Waals surface area contributed by atoms with Gasteiger partial charge in [0.1, 0.15) is 0 Å². The van der Waals surface area contributed by atoms with E-state index in [1.807, 2.05) is 13.8 Å². The Labute approximate surface area is 141 Å². The number of nitrogens with two attached hydrogens (primary N) is 1. The van der Waals surface area contributed by atoms with E-state index in [0.29, 0.717) is 22.7 Å². The number of amides is 2. The molecule has 0 atom stereocenters. The topological polar surface area (TPSA) is 88.1 Å². The number of nitrogens with zero attached hydrogens (tertiary/aromatic N) is 3. The fraction of sp³-hybridized carbons (Fsp3) is 0.222. The molecule has 2 N–H and O–H groups in total. The highest BCUT2D eigenvalue weighted by molar-refractivity contribution is 6.14. The van der Waals surface area contributed by atoms with E-state index in [4.69, 9.17) is 5.73 Å². The second-order valence-electron chi connectivity index (χ2n) is 5.59. The molecule has 0 aliphatic rings. The number of imide groups is 1. The Morgan fingerprint density at radius 2 is 1.33 bits per heavy atom. The number of hydrogen-bond donors (Lipinski definition) is 1. The monoisotopic (exact) mass is 324 g/mol. The SMILES string of the molecule is CC(=O)N(C(C)=O)c1c(C)cc(N=Nc2ccc(N)cc2)cc1C. The van der Waals surface area contributed by atoms with E-state index in [1.165, 1.54) is 18.7 Å². The Hall–Kier alpha value is -3.02. The molecule has 2 rings (SSSR count). The van der Waals surface area contributed by atoms with Crippen molar-refractivity contribution in [1.29, 1.82) is 0 Å². The van der Waals surface area contributed by atoms with Crippen LogP contribution in [-0.4, -0.2) is 11.8 Å². The van der Waals surface area contributed by atoms with Gasteiger partial charge in [-0.05, 0) is 61.4 Å². The lowest BCUT2D eigenvalue weighted by Gasteiger charge is -2.22. The van der Waals surface area contributed by atoms with Crippen LogP contribution in [0.3, 0.4) is 0 Å². The number of rotatable bonds is 3. The number of carbonyl (C=O) groups excluding carboxylic acids is 2. The van der Waals surface area contributed by atoms with Crippen LogP contribution in [0.5, 0.6) is 0 Å². The molecule has 2 aromatic carbocycles. The Bertz CT molecular complexity index is 773. The van der Waals surface area contributed by atoms with Crippen molar-refractivity contribution in [1.82, 2.24) is 0 Å². The number of hydrogen-bond acceptors (Lipinski definition) is 5. The fourth-order valence-electron chi connectivity index (χ4n) is 2.54. The normalized spacial score (nSPS) is 10.8. The number of benzene rings is 2. The van der Waals surface area contributed by atoms with Crippen LogP contribution in [-0.2, 0) is 9.59 Å². The third-order valence-electron chi connectivity index (χ3n) is 3.50. The molecule has 2 aromatic rings. The summed E-state index contributed by atoms with van der Waals surface area (Å²) in [5.41, 5.74) is 9.81. The smallest absolute Gasteiger partial charge is 0.230 e. The Morgan fingerprint density at radius 3 is 1.79 bits per heavy atom. The average Bonchev–Trinajstić information content (AvgIpc) is 2.49. The molecule has 0 saturated carbocycles. The van der Waals surface area contributed by atoms with Crippen LogP contribution in [0.4, 0.5) is 22.7 Å². The number of aryl methyl sites for hydroxylation is 2. The minimum atomic E-state index is -0.315. The summed E-state index contributed by atoms with van der Waals surface area (Å²) in [6.45, 7) is 6.41. The van der Waals surface area contributed by atoms with Crippen molar-refractivity contribution in [2.24, 2.45) is 10.2 Å². The number of azo groups is 1. The van der Waals surface area contributed by atoms with E-state index in [1.54, 1.807) is 36.4 Å². The molecular formula is C18H20N4O2. The Balaban J connectivity index is 2.37. The highest BCUT2D eigenvalue weighted by Gasteiger charge is 2.20. The summed E-state index contributed by atoms with van der Waals surface area (Å²) in [6, 6.07) is 10.7. The van der Waals surface area contributed by atoms with Crippen LogP contribution < -0.4 is 10.6 Å². The van der Waals surface area contributed by atoms with Crippen molar-refractivity contribution in [2.75, 3.05) is 10.6 Å². The summed E-state index contributed by atoms with van der Waals surface area (Å²) in [7, 11) is 0. The first-order valence-electron chi connectivity index (χ1n) is 7.49. The first-order chi connectivity index (χ1) is 11.3. The second kappa shape index (κ2) is 7.04. The standard InChI is InChI=1S/C18H20N4O2/c1-11-9-17(21-20-16-7-5-15(19)6-8-16)10-12(2)18(11)22(13(3)23)14(4)24/h5-10H,19H2,1-4H3. The van der Waals surface area contributed by atoms with Gasteiger partial charge in [-0.1, -0.05) is 0 Å². The van der Waals surface area contributed by atoms with Crippen LogP contribution in [0.2, 0.25) is 0 Å². The van der Waals surface area contributed by atoms with E-state index in [0.717, 1.165) is 11.1 Å². The summed E-state index contributed by atoms with van der Waals surface area (Å²) in [6.07, 6.45) is 0. The van der Waals surface area contributed by atoms with Gasteiger partial charge in [0.15, 0.2) is 0 Å². The molecule has 0 aliphatic carbocycles. The van der Waals surface area contributed by atoms with Gasteiger partial charge in [0, 0.05) is 19.5 Å². The highest BCUT2D eigenvalue weighted by Crippen LogP contribution is 2.31. The maximum Gasteiger partial charge on any atom is 0.230 e. The lowest BCUT2D eigenvalue weighted by Crippen LogP contribution is -2.34. The predicted molar refractivity (Wildman–Crippen MR) is 94.8 cm³/mol. The van der Waals surface area contributed by atoms with E-state index in [9.17, 15) is 9.59 Å². The van der Waals surface area contributed by atoms with Crippen LogP contribution in [0.15, 0.2) is 46.6 Å². The predicted octanol–water partition coefficient (Wildman–Crippen LogP) is 4.20. The zero-order chi connectivity index (χ0) is 17.9. The van der Waals surface area contributed by atoms with Gasteiger partial charge >= 0.3 is 0 Å². The summed E-state index contributed by atoms with van der Waals surface area (Å²) >= 11 is 0. The molecule has 0 heterocycles. The molecule has 0 fully saturated rings. The number of anilines is 2. The van der Waals surface area contributed by atoms with E-state index < -0.39 is 0 Å². The van der Waals surface area contributed by atoms with Crippen LogP contribution >= 0.6 is 0 Å². The molecule has 0 spiro atoms. The van der Waals surface area contributed by atoms with E-state index in [2.05, 4.69) is 10.2 Å². The molecule has 6 nitrogen and oxygen atoms in total. The summed E-state index contributed by atoms with van der Waals surface area (Å²) in [5.74, 6) is -0.630. The van der Waals surface area contributed by atoms with Gasteiger partial charge < -0.3 is 5.73 Å². The molecule has 0 unspecified atom stereocenters. The first-order valence-corrected chi connectivity index (χ1v) is 7.49. The molecule has 0 aromatic heterocycles. The molecular weight excluding hydrogens is 304 g/mol. The van der Waals surface area contributed by atoms with Crippen molar-refractivity contribution in [3.63, 3.8) is 0 Å². The van der Waals surface area contributed by atoms with Gasteiger partial charge in [0.05, 0.1) is 17.1 Å². The average molecular weight is 324 g/mol. The van der Waals surface area contributed by atoms with Crippen molar-refractivity contribution in [3.05, 3.63) is 47.5 Å². The van der Waals surface area contributed by atoms with Crippen molar-refractivity contribution in [2.45, 2.75) is 27.7 Å². The molecule has 24 heavy (non-hydrogen) atoms. The second-order valence-corrected chi connectivity index (χ2v) is 5.59. The molecule has 6 heteroatoms. The molecule has 124 valence electrons. The van der Waals surface area contributed by atoms with Crippen molar-refractivity contribution in [3.8, 4) is 0 Å². The van der Waals surface area contributed by atoms with Gasteiger partial charge in [-0.3, -0.25) is 14.5 Å². The maximum atomic E-state index is 11.8. The molecule has 2 amide bonds. The highest BCUT2D eigenvalue weighted by atomic mass is 16.2. The molecule has 0 saturated heterocycles. The van der Waals surface area contributed by atoms with Gasteiger partial charge in [-0.2, -0.15) is 10.2 Å². The summed E-state index contributed by atoms with van der Waals surface area (Å²) in [5, 5.41) is 8.38. The number of carbonyl (C=O) groups is 2. The van der Waals surface area contributed by atoms with E-state index in [-0.39, 0.29) is 11.8 Å². The van der Waals surface area contributed by atoms with Gasteiger partial charge in [-0.15, -0.1) is 0 Å². The lowest BCUT2D eigenvalue weighted by molar-refractivity contribution is -0.124. The van der Waals surface area contributed by atoms with Gasteiger partial charge in [0.25, 0.3) is 0 Å². The van der Waals surface area contributed by atoms with E-state index >= 15 is 0 Å². The van der Waals surface area contributed by atoms with Gasteiger partial charge in [-0.25, -0.2) is 0 Å². The quantitative estimate of drug-likeness (QED) is 0.678. The Kier molecular flexibility index (Phi) is 5.08.